The maximum absolute atomic E-state index is 11.5. The average Bonchev–Trinajstić information content (AvgIpc) is 2.30. The molecule has 0 spiro atoms. The summed E-state index contributed by atoms with van der Waals surface area (Å²) >= 11 is 0. The predicted octanol–water partition coefficient (Wildman–Crippen LogP) is 1.56. The molecule has 0 bridgehead atoms. The van der Waals surface area contributed by atoms with Gasteiger partial charge in [0.05, 0.1) is 6.10 Å². The van der Waals surface area contributed by atoms with Gasteiger partial charge < -0.3 is 15.4 Å². The van der Waals surface area contributed by atoms with Gasteiger partial charge in [-0.25, -0.2) is 0 Å². The first-order valence-electron chi connectivity index (χ1n) is 5.74. The highest BCUT2D eigenvalue weighted by molar-refractivity contribution is 5.91. The summed E-state index contributed by atoms with van der Waals surface area (Å²) in [6, 6.07) is 7.68. The van der Waals surface area contributed by atoms with Crippen molar-refractivity contribution in [2.45, 2.75) is 20.0 Å². The van der Waals surface area contributed by atoms with Gasteiger partial charge in [0.2, 0.25) is 5.91 Å². The van der Waals surface area contributed by atoms with Crippen molar-refractivity contribution in [2.24, 2.45) is 0 Å². The second-order valence-electron chi connectivity index (χ2n) is 4.09. The van der Waals surface area contributed by atoms with Crippen LogP contribution in [0.4, 0.5) is 5.69 Å². The van der Waals surface area contributed by atoms with Crippen molar-refractivity contribution in [3.63, 3.8) is 0 Å². The summed E-state index contributed by atoms with van der Waals surface area (Å²) < 4.78 is 5.37. The molecule has 1 aromatic rings. The van der Waals surface area contributed by atoms with Gasteiger partial charge in [0, 0.05) is 12.2 Å². The van der Waals surface area contributed by atoms with Gasteiger partial charge >= 0.3 is 0 Å². The Morgan fingerprint density at radius 2 is 2.00 bits per heavy atom. The van der Waals surface area contributed by atoms with Gasteiger partial charge in [-0.2, -0.15) is 0 Å². The summed E-state index contributed by atoms with van der Waals surface area (Å²) in [4.78, 5) is 11.5. The molecule has 1 amide bonds. The van der Waals surface area contributed by atoms with Crippen LogP contribution in [0.15, 0.2) is 24.3 Å². The van der Waals surface area contributed by atoms with E-state index in [2.05, 4.69) is 10.6 Å². The molecule has 0 aliphatic carbocycles. The number of aryl methyl sites for hydroxylation is 1. The van der Waals surface area contributed by atoms with Crippen LogP contribution in [0.25, 0.3) is 0 Å². The second-order valence-corrected chi connectivity index (χ2v) is 4.09. The standard InChI is InChI=1S/C13H20N2O2/c1-10-4-6-12(7-5-10)15-13(16)9-17-11(2)8-14-3/h4-7,11,14H,8-9H2,1-3H3,(H,15,16). The molecule has 0 fully saturated rings. The third-order valence-corrected chi connectivity index (χ3v) is 2.33. The third-order valence-electron chi connectivity index (χ3n) is 2.33. The number of carbonyl (C=O) groups excluding carboxylic acids is 1. The summed E-state index contributed by atoms with van der Waals surface area (Å²) in [5.74, 6) is -0.128. The molecule has 1 aromatic carbocycles. The van der Waals surface area contributed by atoms with E-state index in [0.29, 0.717) is 0 Å². The van der Waals surface area contributed by atoms with Crippen molar-refractivity contribution in [1.82, 2.24) is 5.32 Å². The fourth-order valence-corrected chi connectivity index (χ4v) is 1.40. The Labute approximate surface area is 102 Å². The maximum Gasteiger partial charge on any atom is 0.250 e. The van der Waals surface area contributed by atoms with E-state index in [0.717, 1.165) is 12.2 Å². The van der Waals surface area contributed by atoms with Gasteiger partial charge in [-0.1, -0.05) is 17.7 Å². The average molecular weight is 236 g/mol. The lowest BCUT2D eigenvalue weighted by Gasteiger charge is -2.12. The number of carbonyl (C=O) groups is 1. The Balaban J connectivity index is 2.32. The summed E-state index contributed by atoms with van der Waals surface area (Å²) in [7, 11) is 1.85. The molecule has 17 heavy (non-hydrogen) atoms. The zero-order valence-electron chi connectivity index (χ0n) is 10.6. The fourth-order valence-electron chi connectivity index (χ4n) is 1.40. The minimum absolute atomic E-state index is 0.0313. The van der Waals surface area contributed by atoms with Crippen molar-refractivity contribution in [3.05, 3.63) is 29.8 Å². The second kappa shape index (κ2) is 7.04. The first-order valence-corrected chi connectivity index (χ1v) is 5.74. The quantitative estimate of drug-likeness (QED) is 0.788. The number of anilines is 1. The van der Waals surface area contributed by atoms with Crippen molar-refractivity contribution in [2.75, 3.05) is 25.5 Å². The summed E-state index contributed by atoms with van der Waals surface area (Å²) in [6.07, 6.45) is 0.0313. The van der Waals surface area contributed by atoms with Crippen molar-refractivity contribution < 1.29 is 9.53 Å². The van der Waals surface area contributed by atoms with Gasteiger partial charge in [0.25, 0.3) is 0 Å². The Morgan fingerprint density at radius 3 is 2.59 bits per heavy atom. The predicted molar refractivity (Wildman–Crippen MR) is 69.1 cm³/mol. The molecular weight excluding hydrogens is 216 g/mol. The van der Waals surface area contributed by atoms with Gasteiger partial charge in [-0.05, 0) is 33.0 Å². The first kappa shape index (κ1) is 13.7. The van der Waals surface area contributed by atoms with E-state index < -0.39 is 0 Å². The third kappa shape index (κ3) is 5.47. The highest BCUT2D eigenvalue weighted by Crippen LogP contribution is 2.08. The summed E-state index contributed by atoms with van der Waals surface area (Å²) in [5, 5.41) is 5.77. The number of amides is 1. The first-order chi connectivity index (χ1) is 8.11. The lowest BCUT2D eigenvalue weighted by Crippen LogP contribution is -2.28. The van der Waals surface area contributed by atoms with Crippen molar-refractivity contribution >= 4 is 11.6 Å². The number of rotatable bonds is 6. The number of nitrogens with one attached hydrogen (secondary N) is 2. The van der Waals surface area contributed by atoms with Crippen LogP contribution in [0.5, 0.6) is 0 Å². The normalized spacial score (nSPS) is 12.2. The van der Waals surface area contributed by atoms with Crippen LogP contribution in [0, 0.1) is 6.92 Å². The van der Waals surface area contributed by atoms with Crippen LogP contribution in [0.2, 0.25) is 0 Å². The van der Waals surface area contributed by atoms with E-state index in [4.69, 9.17) is 4.74 Å². The van der Waals surface area contributed by atoms with Gasteiger partial charge in [0.15, 0.2) is 0 Å². The minimum Gasteiger partial charge on any atom is -0.367 e. The molecule has 0 saturated heterocycles. The van der Waals surface area contributed by atoms with Crippen molar-refractivity contribution in [1.29, 1.82) is 0 Å². The Kier molecular flexibility index (Phi) is 5.66. The Morgan fingerprint density at radius 1 is 1.35 bits per heavy atom. The molecule has 0 saturated carbocycles. The van der Waals surface area contributed by atoms with Crippen LogP contribution in [-0.2, 0) is 9.53 Å². The highest BCUT2D eigenvalue weighted by atomic mass is 16.5. The van der Waals surface area contributed by atoms with Crippen LogP contribution in [-0.4, -0.2) is 32.2 Å². The largest absolute Gasteiger partial charge is 0.367 e. The topological polar surface area (TPSA) is 50.4 Å². The molecule has 1 atom stereocenters. The molecule has 0 heterocycles. The lowest BCUT2D eigenvalue weighted by atomic mass is 10.2. The van der Waals surface area contributed by atoms with E-state index in [-0.39, 0.29) is 18.6 Å². The maximum atomic E-state index is 11.5. The zero-order valence-corrected chi connectivity index (χ0v) is 10.6. The number of likely N-dealkylation sites (N-methyl/N-ethyl adjacent to an activating group) is 1. The van der Waals surface area contributed by atoms with Crippen LogP contribution >= 0.6 is 0 Å². The van der Waals surface area contributed by atoms with Crippen LogP contribution in [0.3, 0.4) is 0 Å². The fraction of sp³-hybridized carbons (Fsp3) is 0.462. The molecule has 0 aliphatic rings. The van der Waals surface area contributed by atoms with Gasteiger partial charge in [-0.3, -0.25) is 4.79 Å². The van der Waals surface area contributed by atoms with Crippen molar-refractivity contribution in [3.8, 4) is 0 Å². The highest BCUT2D eigenvalue weighted by Gasteiger charge is 2.06. The number of ether oxygens (including phenoxy) is 1. The summed E-state index contributed by atoms with van der Waals surface area (Å²) in [5.41, 5.74) is 1.97. The monoisotopic (exact) mass is 236 g/mol. The van der Waals surface area contributed by atoms with E-state index in [1.165, 1.54) is 5.56 Å². The van der Waals surface area contributed by atoms with Gasteiger partial charge in [0.1, 0.15) is 6.61 Å². The minimum atomic E-state index is -0.128. The Hall–Kier alpha value is -1.39. The molecule has 0 aliphatic heterocycles. The summed E-state index contributed by atoms with van der Waals surface area (Å²) in [6.45, 7) is 4.75. The lowest BCUT2D eigenvalue weighted by molar-refractivity contribution is -0.122. The zero-order chi connectivity index (χ0) is 12.7. The Bertz CT molecular complexity index is 349. The smallest absolute Gasteiger partial charge is 0.250 e. The molecule has 4 heteroatoms. The van der Waals surface area contributed by atoms with Crippen LogP contribution < -0.4 is 10.6 Å². The molecule has 2 N–H and O–H groups in total. The molecule has 0 aromatic heterocycles. The molecule has 1 rings (SSSR count). The number of benzene rings is 1. The molecule has 0 radical (unpaired) electrons. The molecule has 94 valence electrons. The van der Waals surface area contributed by atoms with Gasteiger partial charge in [-0.15, -0.1) is 0 Å². The number of hydrogen-bond donors (Lipinski definition) is 2. The van der Waals surface area contributed by atoms with E-state index >= 15 is 0 Å². The SMILES string of the molecule is CNCC(C)OCC(=O)Nc1ccc(C)cc1. The molecule has 1 unspecified atom stereocenters. The molecule has 4 nitrogen and oxygen atoms in total. The number of hydrogen-bond acceptors (Lipinski definition) is 3. The van der Waals surface area contributed by atoms with E-state index in [1.54, 1.807) is 0 Å². The van der Waals surface area contributed by atoms with Crippen LogP contribution in [0.1, 0.15) is 12.5 Å². The van der Waals surface area contributed by atoms with E-state index in [1.807, 2.05) is 45.2 Å². The molecular formula is C13H20N2O2. The van der Waals surface area contributed by atoms with E-state index in [9.17, 15) is 4.79 Å².